The van der Waals surface area contributed by atoms with E-state index in [2.05, 4.69) is 21.2 Å². The fourth-order valence-electron chi connectivity index (χ4n) is 2.94. The summed E-state index contributed by atoms with van der Waals surface area (Å²) in [5.41, 5.74) is -0.396. The molecular weight excluding hydrogens is 360 g/mol. The third-order valence-electron chi connectivity index (χ3n) is 4.29. The fraction of sp³-hybridized carbons (Fsp3) is 0.588. The number of piperidine rings is 1. The van der Waals surface area contributed by atoms with Crippen molar-refractivity contribution in [3.63, 3.8) is 0 Å². The van der Waals surface area contributed by atoms with Gasteiger partial charge in [-0.05, 0) is 50.2 Å². The van der Waals surface area contributed by atoms with Gasteiger partial charge in [0.2, 0.25) is 5.91 Å². The van der Waals surface area contributed by atoms with Gasteiger partial charge in [0.1, 0.15) is 12.4 Å². The Balaban J connectivity index is 1.86. The van der Waals surface area contributed by atoms with Crippen LogP contribution in [0.1, 0.15) is 12.8 Å². The lowest BCUT2D eigenvalue weighted by atomic mass is 9.78. The predicted molar refractivity (Wildman–Crippen MR) is 93.7 cm³/mol. The minimum absolute atomic E-state index is 0.153. The van der Waals surface area contributed by atoms with Gasteiger partial charge >= 0.3 is 0 Å². The number of carbonyl (C=O) groups is 1. The number of rotatable bonds is 7. The van der Waals surface area contributed by atoms with Crippen molar-refractivity contribution in [2.45, 2.75) is 12.8 Å². The average Bonchev–Trinajstić information content (AvgIpc) is 2.57. The van der Waals surface area contributed by atoms with Gasteiger partial charge in [-0.3, -0.25) is 4.79 Å². The Labute approximate surface area is 146 Å². The first kappa shape index (κ1) is 18.2. The minimum atomic E-state index is -0.396. The predicted octanol–water partition coefficient (Wildman–Crippen LogP) is 2.30. The average molecular weight is 385 g/mol. The van der Waals surface area contributed by atoms with E-state index in [1.165, 1.54) is 0 Å². The number of carbonyl (C=O) groups excluding carboxylic acids is 1. The molecule has 5 nitrogen and oxygen atoms in total. The zero-order valence-corrected chi connectivity index (χ0v) is 15.4. The highest BCUT2D eigenvalue weighted by Crippen LogP contribution is 2.31. The van der Waals surface area contributed by atoms with Crippen LogP contribution in [-0.4, -0.2) is 57.8 Å². The number of ether oxygens (including phenoxy) is 2. The van der Waals surface area contributed by atoms with Crippen LogP contribution in [0.4, 0.5) is 0 Å². The molecule has 1 amide bonds. The third-order valence-corrected chi connectivity index (χ3v) is 4.82. The van der Waals surface area contributed by atoms with Crippen molar-refractivity contribution < 1.29 is 14.3 Å². The van der Waals surface area contributed by atoms with Crippen LogP contribution in [0, 0.1) is 5.41 Å². The molecule has 1 heterocycles. The van der Waals surface area contributed by atoms with E-state index in [4.69, 9.17) is 9.47 Å². The molecule has 1 aromatic carbocycles. The molecule has 1 aliphatic heterocycles. The molecule has 0 saturated carbocycles. The second-order valence-electron chi connectivity index (χ2n) is 5.99. The van der Waals surface area contributed by atoms with E-state index in [-0.39, 0.29) is 5.91 Å². The second-order valence-corrected chi connectivity index (χ2v) is 6.91. The van der Waals surface area contributed by atoms with Gasteiger partial charge in [-0.2, -0.15) is 0 Å². The summed E-state index contributed by atoms with van der Waals surface area (Å²) >= 11 is 3.40. The van der Waals surface area contributed by atoms with Crippen molar-refractivity contribution in [2.75, 3.05) is 47.0 Å². The van der Waals surface area contributed by atoms with Gasteiger partial charge in [0.05, 0.1) is 18.6 Å². The molecule has 128 valence electrons. The van der Waals surface area contributed by atoms with Gasteiger partial charge in [0.25, 0.3) is 0 Å². The zero-order valence-electron chi connectivity index (χ0n) is 13.8. The molecule has 0 radical (unpaired) electrons. The van der Waals surface area contributed by atoms with E-state index >= 15 is 0 Å². The molecule has 0 spiro atoms. The number of nitrogens with zero attached hydrogens (tertiary/aromatic N) is 1. The van der Waals surface area contributed by atoms with Gasteiger partial charge in [-0.1, -0.05) is 15.9 Å². The minimum Gasteiger partial charge on any atom is -0.492 e. The third kappa shape index (κ3) is 4.93. The summed E-state index contributed by atoms with van der Waals surface area (Å²) in [7, 11) is 3.50. The van der Waals surface area contributed by atoms with Gasteiger partial charge in [0.15, 0.2) is 0 Å². The normalized spacial score (nSPS) is 16.8. The molecule has 0 atom stereocenters. The Bertz CT molecular complexity index is 496. The highest BCUT2D eigenvalue weighted by atomic mass is 79.9. The van der Waals surface area contributed by atoms with E-state index in [1.807, 2.05) is 31.3 Å². The fourth-order valence-corrected chi connectivity index (χ4v) is 3.20. The highest BCUT2D eigenvalue weighted by molar-refractivity contribution is 9.10. The number of hydrogen-bond donors (Lipinski definition) is 1. The first-order valence-electron chi connectivity index (χ1n) is 7.91. The summed E-state index contributed by atoms with van der Waals surface area (Å²) in [4.78, 5) is 14.6. The van der Waals surface area contributed by atoms with Gasteiger partial charge in [-0.25, -0.2) is 0 Å². The summed E-state index contributed by atoms with van der Waals surface area (Å²) in [5, 5.41) is 3.31. The number of nitrogens with one attached hydrogen (secondary N) is 1. The molecular formula is C17H25BrN2O3. The van der Waals surface area contributed by atoms with E-state index in [9.17, 15) is 4.79 Å². The van der Waals surface area contributed by atoms with Crippen molar-refractivity contribution in [2.24, 2.45) is 5.41 Å². The highest BCUT2D eigenvalue weighted by Gasteiger charge is 2.41. The van der Waals surface area contributed by atoms with Gasteiger partial charge < -0.3 is 19.7 Å². The Morgan fingerprint density at radius 3 is 2.57 bits per heavy atom. The summed E-state index contributed by atoms with van der Waals surface area (Å²) in [5.74, 6) is 0.961. The van der Waals surface area contributed by atoms with Gasteiger partial charge in [-0.15, -0.1) is 0 Å². The Hall–Kier alpha value is -1.11. The van der Waals surface area contributed by atoms with E-state index in [0.717, 1.165) is 36.2 Å². The summed E-state index contributed by atoms with van der Waals surface area (Å²) in [6, 6.07) is 7.69. The van der Waals surface area contributed by atoms with Crippen LogP contribution in [0.15, 0.2) is 28.7 Å². The molecule has 1 saturated heterocycles. The molecule has 1 aromatic rings. The molecule has 1 N–H and O–H groups in total. The lowest BCUT2D eigenvalue weighted by Gasteiger charge is -2.38. The zero-order chi connectivity index (χ0) is 16.7. The Morgan fingerprint density at radius 1 is 1.30 bits per heavy atom. The molecule has 6 heteroatoms. The van der Waals surface area contributed by atoms with Crippen LogP contribution in [0.2, 0.25) is 0 Å². The number of hydrogen-bond acceptors (Lipinski definition) is 4. The Morgan fingerprint density at radius 2 is 1.96 bits per heavy atom. The van der Waals surface area contributed by atoms with Crippen LogP contribution in [0.5, 0.6) is 5.75 Å². The van der Waals surface area contributed by atoms with Crippen molar-refractivity contribution in [3.8, 4) is 5.75 Å². The first-order valence-corrected chi connectivity index (χ1v) is 8.70. The number of methoxy groups -OCH3 is 1. The maximum Gasteiger partial charge on any atom is 0.231 e. The van der Waals surface area contributed by atoms with Crippen molar-refractivity contribution >= 4 is 21.8 Å². The first-order chi connectivity index (χ1) is 11.1. The molecule has 0 bridgehead atoms. The molecule has 1 fully saturated rings. The van der Waals surface area contributed by atoms with Crippen molar-refractivity contribution in [1.82, 2.24) is 10.2 Å². The number of benzene rings is 1. The lowest BCUT2D eigenvalue weighted by molar-refractivity contribution is -0.146. The number of halogens is 1. The van der Waals surface area contributed by atoms with Crippen molar-refractivity contribution in [3.05, 3.63) is 28.7 Å². The topological polar surface area (TPSA) is 50.8 Å². The molecule has 23 heavy (non-hydrogen) atoms. The van der Waals surface area contributed by atoms with Crippen LogP contribution >= 0.6 is 15.9 Å². The largest absolute Gasteiger partial charge is 0.492 e. The maximum atomic E-state index is 12.9. The monoisotopic (exact) mass is 384 g/mol. The molecule has 0 aliphatic carbocycles. The summed E-state index contributed by atoms with van der Waals surface area (Å²) in [6.45, 7) is 3.24. The molecule has 2 rings (SSSR count). The van der Waals surface area contributed by atoms with Crippen LogP contribution in [-0.2, 0) is 9.53 Å². The van der Waals surface area contributed by atoms with Gasteiger partial charge in [0, 0.05) is 18.6 Å². The maximum absolute atomic E-state index is 12.9. The molecule has 0 unspecified atom stereocenters. The van der Waals surface area contributed by atoms with Crippen LogP contribution in [0.3, 0.4) is 0 Å². The molecule has 1 aliphatic rings. The van der Waals surface area contributed by atoms with Crippen molar-refractivity contribution in [1.29, 1.82) is 0 Å². The second kappa shape index (κ2) is 8.66. The van der Waals surface area contributed by atoms with Crippen LogP contribution < -0.4 is 10.1 Å². The Kier molecular flexibility index (Phi) is 6.87. The summed E-state index contributed by atoms with van der Waals surface area (Å²) in [6.07, 6.45) is 1.63. The number of likely N-dealkylation sites (N-methyl/N-ethyl adjacent to an activating group) is 1. The van der Waals surface area contributed by atoms with E-state index < -0.39 is 5.41 Å². The standard InChI is InChI=1S/C17H25BrN2O3/c1-20(11-12-23-15-5-3-14(18)4-6-15)16(21)17(13-22-2)7-9-19-10-8-17/h3-6,19H,7-13H2,1-2H3. The quantitative estimate of drug-likeness (QED) is 0.783. The van der Waals surface area contributed by atoms with Crippen LogP contribution in [0.25, 0.3) is 0 Å². The SMILES string of the molecule is COCC1(C(=O)N(C)CCOc2ccc(Br)cc2)CCNCC1. The molecule has 0 aromatic heterocycles. The van der Waals surface area contributed by atoms with E-state index in [0.29, 0.717) is 19.8 Å². The smallest absolute Gasteiger partial charge is 0.231 e. The number of amides is 1. The van der Waals surface area contributed by atoms with E-state index in [1.54, 1.807) is 12.0 Å². The lowest BCUT2D eigenvalue weighted by Crippen LogP contribution is -2.51. The summed E-state index contributed by atoms with van der Waals surface area (Å²) < 4.78 is 12.1.